The summed E-state index contributed by atoms with van der Waals surface area (Å²) in [5.41, 5.74) is 2.24. The first-order valence-electron chi connectivity index (χ1n) is 8.00. The molecule has 0 saturated carbocycles. The molecule has 0 saturated heterocycles. The molecule has 5 nitrogen and oxygen atoms in total. The van der Waals surface area contributed by atoms with Gasteiger partial charge in [0.25, 0.3) is 0 Å². The van der Waals surface area contributed by atoms with Crippen LogP contribution in [0, 0.1) is 18.6 Å². The highest BCUT2D eigenvalue weighted by Crippen LogP contribution is 2.31. The summed E-state index contributed by atoms with van der Waals surface area (Å²) in [6.07, 6.45) is 0. The van der Waals surface area contributed by atoms with Gasteiger partial charge >= 0.3 is 0 Å². The highest BCUT2D eigenvalue weighted by Gasteiger charge is 2.18. The van der Waals surface area contributed by atoms with Crippen molar-refractivity contribution in [3.8, 4) is 0 Å². The molecule has 3 aromatic rings. The first-order valence-corrected chi connectivity index (χ1v) is 9.70. The van der Waals surface area contributed by atoms with Gasteiger partial charge in [-0.25, -0.2) is 8.78 Å². The van der Waals surface area contributed by atoms with Crippen molar-refractivity contribution in [2.24, 2.45) is 0 Å². The van der Waals surface area contributed by atoms with Crippen molar-refractivity contribution in [3.63, 3.8) is 0 Å². The van der Waals surface area contributed by atoms with Gasteiger partial charge in [0.05, 0.1) is 5.25 Å². The molecule has 3 rings (SSSR count). The minimum absolute atomic E-state index is 0.199. The number of aromatic nitrogens is 2. The van der Waals surface area contributed by atoms with Crippen molar-refractivity contribution in [2.45, 2.75) is 23.4 Å². The monoisotopic (exact) mass is 406 g/mol. The first-order chi connectivity index (χ1) is 12.9. The maximum absolute atomic E-state index is 13.2. The molecule has 0 unspecified atom stereocenters. The van der Waals surface area contributed by atoms with Crippen LogP contribution < -0.4 is 10.6 Å². The molecule has 0 bridgehead atoms. The Bertz CT molecular complexity index is 964. The van der Waals surface area contributed by atoms with E-state index in [9.17, 15) is 13.6 Å². The number of aryl methyl sites for hydroxylation is 1. The molecule has 0 aliphatic rings. The molecule has 0 spiro atoms. The number of anilines is 3. The summed E-state index contributed by atoms with van der Waals surface area (Å²) >= 11 is 2.57. The lowest BCUT2D eigenvalue weighted by molar-refractivity contribution is -0.115. The van der Waals surface area contributed by atoms with E-state index in [-0.39, 0.29) is 11.6 Å². The molecular formula is C18H16F2N4OS2. The summed E-state index contributed by atoms with van der Waals surface area (Å²) in [5.74, 6) is -2.31. The summed E-state index contributed by atoms with van der Waals surface area (Å²) in [4.78, 5) is 12.2. The smallest absolute Gasteiger partial charge is 0.237 e. The largest absolute Gasteiger partial charge is 0.330 e. The normalized spacial score (nSPS) is 11.9. The number of hydrogen-bond donors (Lipinski definition) is 2. The Hall–Kier alpha value is -2.52. The van der Waals surface area contributed by atoms with Crippen LogP contribution in [0.1, 0.15) is 12.5 Å². The van der Waals surface area contributed by atoms with Gasteiger partial charge in [0, 0.05) is 17.4 Å². The van der Waals surface area contributed by atoms with Crippen molar-refractivity contribution in [1.29, 1.82) is 0 Å². The number of benzene rings is 2. The van der Waals surface area contributed by atoms with Gasteiger partial charge in [-0.1, -0.05) is 35.2 Å². The molecule has 0 radical (unpaired) electrons. The standard InChI is InChI=1S/C18H16F2N4OS2/c1-10-4-3-5-12(8-10)22-17-23-24-18(27-17)26-11(2)16(25)21-13-6-7-14(19)15(20)9-13/h3-9,11H,1-2H3,(H,21,25)(H,22,23)/t11-/m1/s1. The second-order valence-corrected chi connectivity index (χ2v) is 8.31. The van der Waals surface area contributed by atoms with Crippen LogP contribution in [-0.2, 0) is 4.79 Å². The molecule has 2 N–H and O–H groups in total. The second-order valence-electron chi connectivity index (χ2n) is 5.75. The van der Waals surface area contributed by atoms with Crippen LogP contribution in [0.3, 0.4) is 0 Å². The van der Waals surface area contributed by atoms with Gasteiger partial charge in [0.15, 0.2) is 16.0 Å². The molecule has 0 aliphatic carbocycles. The third-order valence-corrected chi connectivity index (χ3v) is 5.53. The Morgan fingerprint density at radius 2 is 1.93 bits per heavy atom. The van der Waals surface area contributed by atoms with Crippen LogP contribution in [0.2, 0.25) is 0 Å². The van der Waals surface area contributed by atoms with E-state index in [1.165, 1.54) is 29.2 Å². The van der Waals surface area contributed by atoms with Crippen molar-refractivity contribution in [1.82, 2.24) is 10.2 Å². The molecule has 1 atom stereocenters. The topological polar surface area (TPSA) is 66.9 Å². The van der Waals surface area contributed by atoms with Crippen molar-refractivity contribution >= 4 is 45.5 Å². The van der Waals surface area contributed by atoms with Crippen LogP contribution in [-0.4, -0.2) is 21.4 Å². The van der Waals surface area contributed by atoms with E-state index in [2.05, 4.69) is 20.8 Å². The minimum Gasteiger partial charge on any atom is -0.330 e. The average molecular weight is 406 g/mol. The number of thioether (sulfide) groups is 1. The van der Waals surface area contributed by atoms with Gasteiger partial charge in [-0.15, -0.1) is 10.2 Å². The fourth-order valence-corrected chi connectivity index (χ4v) is 4.09. The quantitative estimate of drug-likeness (QED) is 0.565. The minimum atomic E-state index is -1.01. The molecular weight excluding hydrogens is 390 g/mol. The van der Waals surface area contributed by atoms with E-state index in [4.69, 9.17) is 0 Å². The maximum Gasteiger partial charge on any atom is 0.237 e. The number of nitrogens with zero attached hydrogens (tertiary/aromatic N) is 2. The number of carbonyl (C=O) groups excluding carboxylic acids is 1. The van der Waals surface area contributed by atoms with Crippen LogP contribution in [0.5, 0.6) is 0 Å². The summed E-state index contributed by atoms with van der Waals surface area (Å²) in [6.45, 7) is 3.70. The Morgan fingerprint density at radius 3 is 2.67 bits per heavy atom. The Labute approximate surface area is 163 Å². The first kappa shape index (κ1) is 19.2. The zero-order valence-corrected chi connectivity index (χ0v) is 16.1. The average Bonchev–Trinajstić information content (AvgIpc) is 3.05. The molecule has 0 aliphatic heterocycles. The Kier molecular flexibility index (Phi) is 6.02. The SMILES string of the molecule is Cc1cccc(Nc2nnc(S[C@H](C)C(=O)Nc3ccc(F)c(F)c3)s2)c1. The van der Waals surface area contributed by atoms with Crippen LogP contribution in [0.4, 0.5) is 25.3 Å². The predicted molar refractivity (Wildman–Crippen MR) is 105 cm³/mol. The van der Waals surface area contributed by atoms with E-state index >= 15 is 0 Å². The van der Waals surface area contributed by atoms with E-state index in [0.29, 0.717) is 9.47 Å². The number of halogens is 2. The van der Waals surface area contributed by atoms with Gasteiger partial charge < -0.3 is 10.6 Å². The highest BCUT2D eigenvalue weighted by atomic mass is 32.2. The summed E-state index contributed by atoms with van der Waals surface area (Å²) in [6, 6.07) is 11.1. The molecule has 27 heavy (non-hydrogen) atoms. The van der Waals surface area contributed by atoms with Crippen LogP contribution >= 0.6 is 23.1 Å². The highest BCUT2D eigenvalue weighted by molar-refractivity contribution is 8.02. The lowest BCUT2D eigenvalue weighted by atomic mass is 10.2. The fourth-order valence-electron chi connectivity index (χ4n) is 2.18. The number of amides is 1. The van der Waals surface area contributed by atoms with E-state index in [1.54, 1.807) is 6.92 Å². The number of rotatable bonds is 6. The Balaban J connectivity index is 1.58. The zero-order valence-electron chi connectivity index (χ0n) is 14.5. The lowest BCUT2D eigenvalue weighted by Crippen LogP contribution is -2.22. The van der Waals surface area contributed by atoms with Crippen molar-refractivity contribution in [3.05, 3.63) is 59.7 Å². The summed E-state index contributed by atoms with van der Waals surface area (Å²) in [7, 11) is 0. The van der Waals surface area contributed by atoms with E-state index in [0.717, 1.165) is 23.4 Å². The third-order valence-electron chi connectivity index (χ3n) is 3.51. The molecule has 1 heterocycles. The molecule has 1 aromatic heterocycles. The maximum atomic E-state index is 13.2. The number of nitrogens with one attached hydrogen (secondary N) is 2. The summed E-state index contributed by atoms with van der Waals surface area (Å²) in [5, 5.41) is 14.0. The zero-order chi connectivity index (χ0) is 19.4. The molecule has 0 fully saturated rings. The van der Waals surface area contributed by atoms with Crippen molar-refractivity contribution < 1.29 is 13.6 Å². The van der Waals surface area contributed by atoms with Crippen molar-refractivity contribution in [2.75, 3.05) is 10.6 Å². The van der Waals surface area contributed by atoms with Gasteiger partial charge in [-0.2, -0.15) is 0 Å². The molecule has 140 valence electrons. The van der Waals surface area contributed by atoms with Gasteiger partial charge in [-0.05, 0) is 43.7 Å². The third kappa shape index (κ3) is 5.24. The molecule has 2 aromatic carbocycles. The number of carbonyl (C=O) groups is 1. The van der Waals surface area contributed by atoms with Gasteiger partial charge in [0.2, 0.25) is 11.0 Å². The fraction of sp³-hybridized carbons (Fsp3) is 0.167. The number of hydrogen-bond acceptors (Lipinski definition) is 6. The van der Waals surface area contributed by atoms with Crippen LogP contribution in [0.25, 0.3) is 0 Å². The van der Waals surface area contributed by atoms with E-state index in [1.807, 2.05) is 31.2 Å². The Morgan fingerprint density at radius 1 is 1.11 bits per heavy atom. The van der Waals surface area contributed by atoms with Crippen LogP contribution in [0.15, 0.2) is 46.8 Å². The molecule has 1 amide bonds. The lowest BCUT2D eigenvalue weighted by Gasteiger charge is -2.10. The second kappa shape index (κ2) is 8.45. The van der Waals surface area contributed by atoms with Gasteiger partial charge in [-0.3, -0.25) is 4.79 Å². The predicted octanol–water partition coefficient (Wildman–Crippen LogP) is 4.99. The van der Waals surface area contributed by atoms with Gasteiger partial charge in [0.1, 0.15) is 0 Å². The summed E-state index contributed by atoms with van der Waals surface area (Å²) < 4.78 is 26.8. The molecule has 9 heteroatoms. The van der Waals surface area contributed by atoms with E-state index < -0.39 is 16.9 Å².